The summed E-state index contributed by atoms with van der Waals surface area (Å²) in [5.41, 5.74) is 5.19. The van der Waals surface area contributed by atoms with Crippen LogP contribution in [0.5, 0.6) is 0 Å². The highest BCUT2D eigenvalue weighted by Crippen LogP contribution is 2.28. The number of para-hydroxylation sites is 1. The van der Waals surface area contributed by atoms with E-state index in [0.29, 0.717) is 5.69 Å². The Labute approximate surface area is 129 Å². The lowest BCUT2D eigenvalue weighted by atomic mass is 10.0. The average molecular weight is 290 g/mol. The molecule has 0 atom stereocenters. The maximum atomic E-state index is 12.9. The van der Waals surface area contributed by atoms with E-state index >= 15 is 0 Å². The number of benzene rings is 2. The molecule has 3 aromatic rings. The van der Waals surface area contributed by atoms with E-state index in [1.807, 2.05) is 35.2 Å². The summed E-state index contributed by atoms with van der Waals surface area (Å²) < 4.78 is 0. The van der Waals surface area contributed by atoms with Crippen molar-refractivity contribution in [2.24, 2.45) is 0 Å². The Morgan fingerprint density at radius 3 is 2.91 bits per heavy atom. The standard InChI is InChI=1S/C19H18N2O/c1-13-8-9-16-15(11-13)12-17(20-16)19(22)21-10-4-6-14-5-2-3-7-18(14)21/h2-3,5,7-9,11-12,20H,4,6,10H2,1H3. The highest BCUT2D eigenvalue weighted by Gasteiger charge is 2.24. The summed E-state index contributed by atoms with van der Waals surface area (Å²) in [6.07, 6.45) is 2.06. The monoisotopic (exact) mass is 290 g/mol. The van der Waals surface area contributed by atoms with Crippen LogP contribution in [0.2, 0.25) is 0 Å². The quantitative estimate of drug-likeness (QED) is 0.720. The zero-order valence-corrected chi connectivity index (χ0v) is 12.6. The Morgan fingerprint density at radius 2 is 2.00 bits per heavy atom. The van der Waals surface area contributed by atoms with Crippen LogP contribution in [-0.2, 0) is 6.42 Å². The average Bonchev–Trinajstić information content (AvgIpc) is 2.96. The second-order valence-electron chi connectivity index (χ2n) is 5.96. The molecule has 1 amide bonds. The van der Waals surface area contributed by atoms with Gasteiger partial charge in [0.25, 0.3) is 5.91 Å². The molecule has 3 nitrogen and oxygen atoms in total. The van der Waals surface area contributed by atoms with Crippen molar-refractivity contribution in [1.82, 2.24) is 4.98 Å². The van der Waals surface area contributed by atoms with Crippen LogP contribution in [0.1, 0.15) is 28.0 Å². The van der Waals surface area contributed by atoms with Gasteiger partial charge in [-0.05, 0) is 49.6 Å². The Bertz CT molecular complexity index is 863. The molecular formula is C19H18N2O. The third-order valence-corrected chi connectivity index (χ3v) is 4.36. The van der Waals surface area contributed by atoms with Crippen LogP contribution in [0, 0.1) is 6.92 Å². The first-order valence-electron chi connectivity index (χ1n) is 7.71. The molecule has 2 aromatic carbocycles. The fourth-order valence-electron chi connectivity index (χ4n) is 3.26. The molecule has 0 saturated heterocycles. The van der Waals surface area contributed by atoms with Gasteiger partial charge in [0, 0.05) is 23.1 Å². The number of rotatable bonds is 1. The van der Waals surface area contributed by atoms with Crippen LogP contribution < -0.4 is 4.90 Å². The van der Waals surface area contributed by atoms with Crippen molar-refractivity contribution in [2.45, 2.75) is 19.8 Å². The van der Waals surface area contributed by atoms with Crippen LogP contribution in [-0.4, -0.2) is 17.4 Å². The Kier molecular flexibility index (Phi) is 3.00. The van der Waals surface area contributed by atoms with Gasteiger partial charge in [-0.25, -0.2) is 0 Å². The number of aromatic amines is 1. The molecule has 3 heteroatoms. The first-order valence-corrected chi connectivity index (χ1v) is 7.71. The number of carbonyl (C=O) groups excluding carboxylic acids is 1. The van der Waals surface area contributed by atoms with Gasteiger partial charge in [0.05, 0.1) is 0 Å². The molecule has 1 aliphatic rings. The zero-order chi connectivity index (χ0) is 15.1. The minimum atomic E-state index is 0.0565. The van der Waals surface area contributed by atoms with Crippen LogP contribution >= 0.6 is 0 Å². The van der Waals surface area contributed by atoms with Crippen molar-refractivity contribution in [2.75, 3.05) is 11.4 Å². The van der Waals surface area contributed by atoms with Crippen LogP contribution in [0.3, 0.4) is 0 Å². The zero-order valence-electron chi connectivity index (χ0n) is 12.6. The van der Waals surface area contributed by atoms with E-state index in [-0.39, 0.29) is 5.91 Å². The lowest BCUT2D eigenvalue weighted by molar-refractivity contribution is 0.0981. The van der Waals surface area contributed by atoms with E-state index in [0.717, 1.165) is 36.0 Å². The molecule has 22 heavy (non-hydrogen) atoms. The molecule has 0 radical (unpaired) electrons. The van der Waals surface area contributed by atoms with Crippen molar-refractivity contribution < 1.29 is 4.79 Å². The van der Waals surface area contributed by atoms with Crippen LogP contribution in [0.15, 0.2) is 48.5 Å². The minimum absolute atomic E-state index is 0.0565. The fourth-order valence-corrected chi connectivity index (χ4v) is 3.26. The number of aromatic nitrogens is 1. The highest BCUT2D eigenvalue weighted by molar-refractivity contribution is 6.08. The molecule has 0 bridgehead atoms. The van der Waals surface area contributed by atoms with Gasteiger partial charge < -0.3 is 9.88 Å². The van der Waals surface area contributed by atoms with Crippen LogP contribution in [0.25, 0.3) is 10.9 Å². The third-order valence-electron chi connectivity index (χ3n) is 4.36. The number of anilines is 1. The molecular weight excluding hydrogens is 272 g/mol. The lowest BCUT2D eigenvalue weighted by Crippen LogP contribution is -2.35. The molecule has 2 heterocycles. The molecule has 1 aromatic heterocycles. The van der Waals surface area contributed by atoms with Gasteiger partial charge >= 0.3 is 0 Å². The normalized spacial score (nSPS) is 14.1. The largest absolute Gasteiger partial charge is 0.351 e. The highest BCUT2D eigenvalue weighted by atomic mass is 16.2. The summed E-state index contributed by atoms with van der Waals surface area (Å²) in [5.74, 6) is 0.0565. The van der Waals surface area contributed by atoms with Crippen molar-refractivity contribution in [3.63, 3.8) is 0 Å². The number of amides is 1. The van der Waals surface area contributed by atoms with Crippen LogP contribution in [0.4, 0.5) is 5.69 Å². The van der Waals surface area contributed by atoms with E-state index in [2.05, 4.69) is 30.1 Å². The summed E-state index contributed by atoms with van der Waals surface area (Å²) >= 11 is 0. The predicted molar refractivity (Wildman–Crippen MR) is 89.5 cm³/mol. The third kappa shape index (κ3) is 2.10. The van der Waals surface area contributed by atoms with E-state index in [9.17, 15) is 4.79 Å². The van der Waals surface area contributed by atoms with Gasteiger partial charge in [0.2, 0.25) is 0 Å². The van der Waals surface area contributed by atoms with Crippen molar-refractivity contribution in [3.05, 3.63) is 65.4 Å². The van der Waals surface area contributed by atoms with Crippen molar-refractivity contribution in [3.8, 4) is 0 Å². The molecule has 110 valence electrons. The Balaban J connectivity index is 1.75. The van der Waals surface area contributed by atoms with Gasteiger partial charge in [-0.2, -0.15) is 0 Å². The number of fused-ring (bicyclic) bond motifs is 2. The number of H-pyrrole nitrogens is 1. The minimum Gasteiger partial charge on any atom is -0.351 e. The van der Waals surface area contributed by atoms with Gasteiger partial charge in [-0.3, -0.25) is 4.79 Å². The van der Waals surface area contributed by atoms with E-state index in [4.69, 9.17) is 0 Å². The summed E-state index contributed by atoms with van der Waals surface area (Å²) in [6.45, 7) is 2.85. The Morgan fingerprint density at radius 1 is 1.14 bits per heavy atom. The molecule has 1 aliphatic heterocycles. The molecule has 0 saturated carbocycles. The summed E-state index contributed by atoms with van der Waals surface area (Å²) in [6, 6.07) is 16.4. The van der Waals surface area contributed by atoms with Gasteiger partial charge in [0.15, 0.2) is 0 Å². The number of hydrogen-bond donors (Lipinski definition) is 1. The maximum absolute atomic E-state index is 12.9. The molecule has 0 fully saturated rings. The summed E-state index contributed by atoms with van der Waals surface area (Å²) in [4.78, 5) is 18.1. The first-order chi connectivity index (χ1) is 10.7. The number of nitrogens with zero attached hydrogens (tertiary/aromatic N) is 1. The number of nitrogens with one attached hydrogen (secondary N) is 1. The molecule has 4 rings (SSSR count). The number of hydrogen-bond acceptors (Lipinski definition) is 1. The summed E-state index contributed by atoms with van der Waals surface area (Å²) in [7, 11) is 0. The van der Waals surface area contributed by atoms with Crippen molar-refractivity contribution in [1.29, 1.82) is 0 Å². The van der Waals surface area contributed by atoms with Crippen molar-refractivity contribution >= 4 is 22.5 Å². The predicted octanol–water partition coefficient (Wildman–Crippen LogP) is 4.07. The lowest BCUT2D eigenvalue weighted by Gasteiger charge is -2.29. The number of carbonyl (C=O) groups is 1. The molecule has 0 aliphatic carbocycles. The second-order valence-corrected chi connectivity index (χ2v) is 5.96. The topological polar surface area (TPSA) is 36.1 Å². The summed E-state index contributed by atoms with van der Waals surface area (Å²) in [5, 5.41) is 1.09. The fraction of sp³-hybridized carbons (Fsp3) is 0.211. The Hall–Kier alpha value is -2.55. The smallest absolute Gasteiger partial charge is 0.274 e. The van der Waals surface area contributed by atoms with E-state index in [1.165, 1.54) is 11.1 Å². The van der Waals surface area contributed by atoms with Gasteiger partial charge in [0.1, 0.15) is 5.69 Å². The molecule has 0 unspecified atom stereocenters. The first kappa shape index (κ1) is 13.1. The number of aryl methyl sites for hydroxylation is 2. The van der Waals surface area contributed by atoms with Gasteiger partial charge in [-0.1, -0.05) is 29.8 Å². The SMILES string of the molecule is Cc1ccc2[nH]c(C(=O)N3CCCc4ccccc43)cc2c1. The molecule has 0 spiro atoms. The second kappa shape index (κ2) is 5.02. The molecule has 1 N–H and O–H groups in total. The van der Waals surface area contributed by atoms with E-state index < -0.39 is 0 Å². The van der Waals surface area contributed by atoms with Gasteiger partial charge in [-0.15, -0.1) is 0 Å². The van der Waals surface area contributed by atoms with E-state index in [1.54, 1.807) is 0 Å². The maximum Gasteiger partial charge on any atom is 0.274 e.